The second-order valence-corrected chi connectivity index (χ2v) is 6.07. The molecule has 132 valence electrons. The van der Waals surface area contributed by atoms with Crippen molar-refractivity contribution in [3.8, 4) is 5.75 Å². The largest absolute Gasteiger partial charge is 0.494 e. The summed E-state index contributed by atoms with van der Waals surface area (Å²) in [5.74, 6) is 0.706. The first-order valence-electron chi connectivity index (χ1n) is 8.26. The Labute approximate surface area is 145 Å². The Balaban J connectivity index is 1.54. The highest BCUT2D eigenvalue weighted by molar-refractivity contribution is 6.02. The number of aromatic nitrogens is 1. The minimum absolute atomic E-state index is 0.0769. The van der Waals surface area contributed by atoms with Crippen LogP contribution in [0, 0.1) is 6.92 Å². The van der Waals surface area contributed by atoms with E-state index in [4.69, 9.17) is 14.3 Å². The van der Waals surface area contributed by atoms with Crippen LogP contribution in [0.25, 0.3) is 0 Å². The van der Waals surface area contributed by atoms with Crippen LogP contribution >= 0.6 is 0 Å². The molecule has 0 atom stereocenters. The number of hydrogen-bond acceptors (Lipinski definition) is 5. The predicted octanol–water partition coefficient (Wildman–Crippen LogP) is 3.36. The van der Waals surface area contributed by atoms with E-state index in [1.165, 1.54) is 0 Å². The van der Waals surface area contributed by atoms with Crippen molar-refractivity contribution in [2.24, 2.45) is 0 Å². The highest BCUT2D eigenvalue weighted by atomic mass is 16.5. The molecule has 7 nitrogen and oxygen atoms in total. The van der Waals surface area contributed by atoms with Crippen molar-refractivity contribution >= 4 is 17.6 Å². The van der Waals surface area contributed by atoms with Gasteiger partial charge >= 0.3 is 5.97 Å². The first kappa shape index (κ1) is 17.0. The van der Waals surface area contributed by atoms with Gasteiger partial charge in [0.1, 0.15) is 5.75 Å². The molecule has 1 heterocycles. The van der Waals surface area contributed by atoms with Crippen LogP contribution in [0.5, 0.6) is 5.75 Å². The van der Waals surface area contributed by atoms with Crippen molar-refractivity contribution in [2.75, 3.05) is 11.9 Å². The number of aliphatic carboxylic acids is 1. The third-order valence-corrected chi connectivity index (χ3v) is 3.86. The average Bonchev–Trinajstić information content (AvgIpc) is 3.35. The van der Waals surface area contributed by atoms with E-state index in [1.807, 2.05) is 0 Å². The molecule has 3 rings (SSSR count). The number of nitrogens with zero attached hydrogens (tertiary/aromatic N) is 1. The molecular weight excluding hydrogens is 324 g/mol. The molecular formula is C18H20N2O5. The summed E-state index contributed by atoms with van der Waals surface area (Å²) in [6.45, 7) is 2.09. The topological polar surface area (TPSA) is 102 Å². The number of carboxylic acid groups (broad SMARTS) is 1. The van der Waals surface area contributed by atoms with E-state index in [0.29, 0.717) is 42.0 Å². The maximum Gasteiger partial charge on any atom is 0.303 e. The van der Waals surface area contributed by atoms with Gasteiger partial charge in [-0.15, -0.1) is 0 Å². The van der Waals surface area contributed by atoms with Gasteiger partial charge in [-0.2, -0.15) is 0 Å². The Morgan fingerprint density at radius 1 is 1.32 bits per heavy atom. The number of oxazole rings is 1. The first-order valence-corrected chi connectivity index (χ1v) is 8.26. The molecule has 2 N–H and O–H groups in total. The minimum Gasteiger partial charge on any atom is -0.494 e. The summed E-state index contributed by atoms with van der Waals surface area (Å²) in [5.41, 5.74) is 1.21. The van der Waals surface area contributed by atoms with Crippen LogP contribution in [-0.4, -0.2) is 28.6 Å². The number of aryl methyl sites for hydroxylation is 1. The van der Waals surface area contributed by atoms with Crippen LogP contribution in [0.1, 0.15) is 53.7 Å². The lowest BCUT2D eigenvalue weighted by molar-refractivity contribution is -0.137. The quantitative estimate of drug-likeness (QED) is 0.712. The maximum absolute atomic E-state index is 12.3. The third-order valence-electron chi connectivity index (χ3n) is 3.86. The van der Waals surface area contributed by atoms with Gasteiger partial charge in [0.15, 0.2) is 5.89 Å². The smallest absolute Gasteiger partial charge is 0.303 e. The summed E-state index contributed by atoms with van der Waals surface area (Å²) in [6.07, 6.45) is 2.65. The van der Waals surface area contributed by atoms with Crippen molar-refractivity contribution in [1.82, 2.24) is 4.98 Å². The van der Waals surface area contributed by atoms with E-state index in [9.17, 15) is 9.59 Å². The summed E-state index contributed by atoms with van der Waals surface area (Å²) in [6, 6.07) is 6.88. The highest BCUT2D eigenvalue weighted by Crippen LogP contribution is 2.40. The van der Waals surface area contributed by atoms with Gasteiger partial charge in [0.25, 0.3) is 5.91 Å². The zero-order valence-electron chi connectivity index (χ0n) is 13.9. The molecule has 0 radical (unpaired) electrons. The normalized spacial score (nSPS) is 13.5. The zero-order chi connectivity index (χ0) is 17.8. The molecule has 0 spiro atoms. The van der Waals surface area contributed by atoms with Crippen LogP contribution in [-0.2, 0) is 4.79 Å². The number of carbonyl (C=O) groups is 2. The summed E-state index contributed by atoms with van der Waals surface area (Å²) in [7, 11) is 0. The van der Waals surface area contributed by atoms with Gasteiger partial charge in [-0.25, -0.2) is 4.98 Å². The van der Waals surface area contributed by atoms with Crippen LogP contribution in [0.2, 0.25) is 0 Å². The summed E-state index contributed by atoms with van der Waals surface area (Å²) >= 11 is 0. The lowest BCUT2D eigenvalue weighted by Gasteiger charge is -2.07. The molecule has 1 aromatic heterocycles. The fourth-order valence-electron chi connectivity index (χ4n) is 2.37. The third kappa shape index (κ3) is 4.59. The first-order chi connectivity index (χ1) is 12.0. The fourth-order valence-corrected chi connectivity index (χ4v) is 2.37. The Hall–Kier alpha value is -2.83. The molecule has 0 bridgehead atoms. The monoisotopic (exact) mass is 344 g/mol. The van der Waals surface area contributed by atoms with Gasteiger partial charge in [0.05, 0.1) is 12.3 Å². The predicted molar refractivity (Wildman–Crippen MR) is 90.0 cm³/mol. The van der Waals surface area contributed by atoms with Crippen molar-refractivity contribution in [1.29, 1.82) is 0 Å². The van der Waals surface area contributed by atoms with E-state index in [1.54, 1.807) is 31.2 Å². The van der Waals surface area contributed by atoms with Crippen molar-refractivity contribution in [2.45, 2.75) is 38.5 Å². The van der Waals surface area contributed by atoms with Crippen LogP contribution < -0.4 is 10.1 Å². The maximum atomic E-state index is 12.3. The molecule has 2 aromatic rings. The fraction of sp³-hybridized carbons (Fsp3) is 0.389. The van der Waals surface area contributed by atoms with Crippen LogP contribution in [0.3, 0.4) is 0 Å². The van der Waals surface area contributed by atoms with E-state index in [0.717, 1.165) is 12.8 Å². The standard InChI is InChI=1S/C18H20N2O5/c1-11-16(25-18(19-11)12-4-5-12)17(23)20-13-6-8-14(9-7-13)24-10-2-3-15(21)22/h6-9,12H,2-5,10H2,1H3,(H,20,23)(H,21,22). The highest BCUT2D eigenvalue weighted by Gasteiger charge is 2.30. The van der Waals surface area contributed by atoms with Crippen molar-refractivity contribution in [3.05, 3.63) is 41.6 Å². The SMILES string of the molecule is Cc1nc(C2CC2)oc1C(=O)Nc1ccc(OCCCC(=O)O)cc1. The molecule has 1 aromatic carbocycles. The van der Waals surface area contributed by atoms with E-state index >= 15 is 0 Å². The van der Waals surface area contributed by atoms with E-state index in [-0.39, 0.29) is 18.1 Å². The van der Waals surface area contributed by atoms with Crippen molar-refractivity contribution < 1.29 is 23.8 Å². The number of rotatable bonds is 8. The average molecular weight is 344 g/mol. The number of nitrogens with one attached hydrogen (secondary N) is 1. The van der Waals surface area contributed by atoms with Gasteiger partial charge in [-0.1, -0.05) is 0 Å². The molecule has 1 aliphatic rings. The summed E-state index contributed by atoms with van der Waals surface area (Å²) < 4.78 is 11.0. The Morgan fingerprint density at radius 3 is 2.68 bits per heavy atom. The van der Waals surface area contributed by atoms with Crippen LogP contribution in [0.15, 0.2) is 28.7 Å². The van der Waals surface area contributed by atoms with E-state index in [2.05, 4.69) is 10.3 Å². The number of amides is 1. The number of ether oxygens (including phenoxy) is 1. The second kappa shape index (κ2) is 7.38. The number of anilines is 1. The molecule has 25 heavy (non-hydrogen) atoms. The Kier molecular flexibility index (Phi) is 5.02. The molecule has 0 unspecified atom stereocenters. The van der Waals surface area contributed by atoms with E-state index < -0.39 is 5.97 Å². The Bertz CT molecular complexity index is 762. The van der Waals surface area contributed by atoms with Gasteiger partial charge < -0.3 is 19.6 Å². The number of benzene rings is 1. The minimum atomic E-state index is -0.839. The van der Waals surface area contributed by atoms with Gasteiger partial charge in [0.2, 0.25) is 5.76 Å². The molecule has 1 saturated carbocycles. The van der Waals surface area contributed by atoms with Gasteiger partial charge in [-0.3, -0.25) is 9.59 Å². The summed E-state index contributed by atoms with van der Waals surface area (Å²) in [4.78, 5) is 27.1. The van der Waals surface area contributed by atoms with Gasteiger partial charge in [0, 0.05) is 18.0 Å². The molecule has 1 fully saturated rings. The lowest BCUT2D eigenvalue weighted by Crippen LogP contribution is -2.12. The van der Waals surface area contributed by atoms with Crippen LogP contribution in [0.4, 0.5) is 5.69 Å². The molecule has 0 aliphatic heterocycles. The van der Waals surface area contributed by atoms with Gasteiger partial charge in [-0.05, 0) is 50.5 Å². The molecule has 0 saturated heterocycles. The number of hydrogen-bond donors (Lipinski definition) is 2. The number of carboxylic acids is 1. The lowest BCUT2D eigenvalue weighted by atomic mass is 10.2. The zero-order valence-corrected chi connectivity index (χ0v) is 13.9. The molecule has 1 aliphatic carbocycles. The Morgan fingerprint density at radius 2 is 2.04 bits per heavy atom. The summed E-state index contributed by atoms with van der Waals surface area (Å²) in [5, 5.41) is 11.3. The van der Waals surface area contributed by atoms with Crippen molar-refractivity contribution in [3.63, 3.8) is 0 Å². The molecule has 1 amide bonds. The molecule has 7 heteroatoms. The number of carbonyl (C=O) groups excluding carboxylic acids is 1. The second-order valence-electron chi connectivity index (χ2n) is 6.07.